The van der Waals surface area contributed by atoms with Gasteiger partial charge in [-0.2, -0.15) is 0 Å². The van der Waals surface area contributed by atoms with Crippen LogP contribution in [-0.2, 0) is 11.3 Å². The normalized spacial score (nSPS) is 11.1. The first-order chi connectivity index (χ1) is 10.3. The summed E-state index contributed by atoms with van der Waals surface area (Å²) in [5.74, 6) is 0. The minimum absolute atomic E-state index is 0.333. The van der Waals surface area contributed by atoms with Gasteiger partial charge in [0.05, 0.1) is 6.54 Å². The van der Waals surface area contributed by atoms with Crippen LogP contribution in [0, 0.1) is 6.92 Å². The predicted molar refractivity (Wildman–Crippen MR) is 90.0 cm³/mol. The molecule has 0 aromatic heterocycles. The lowest BCUT2D eigenvalue weighted by Crippen LogP contribution is -2.36. The van der Waals surface area contributed by atoms with Gasteiger partial charge in [0.2, 0.25) is 0 Å². The van der Waals surface area contributed by atoms with E-state index in [2.05, 4.69) is 6.07 Å². The summed E-state index contributed by atoms with van der Waals surface area (Å²) in [6, 6.07) is 17.8. The number of benzene rings is 2. The second-order valence-electron chi connectivity index (χ2n) is 6.39. The average molecular weight is 297 g/mol. The van der Waals surface area contributed by atoms with Gasteiger partial charge in [0, 0.05) is 5.69 Å². The molecule has 0 heterocycles. The molecule has 2 rings (SSSR count). The van der Waals surface area contributed by atoms with Gasteiger partial charge in [-0.25, -0.2) is 4.79 Å². The fraction of sp³-hybridized carbons (Fsp3) is 0.316. The maximum absolute atomic E-state index is 12.6. The molecule has 22 heavy (non-hydrogen) atoms. The van der Waals surface area contributed by atoms with E-state index in [9.17, 15) is 4.79 Å². The van der Waals surface area contributed by atoms with E-state index in [1.165, 1.54) is 5.56 Å². The molecule has 0 N–H and O–H groups in total. The largest absolute Gasteiger partial charge is 0.443 e. The molecule has 0 saturated heterocycles. The number of para-hydroxylation sites is 1. The van der Waals surface area contributed by atoms with Gasteiger partial charge >= 0.3 is 6.09 Å². The minimum Gasteiger partial charge on any atom is -0.443 e. The Morgan fingerprint density at radius 1 is 1.05 bits per heavy atom. The van der Waals surface area contributed by atoms with Crippen molar-refractivity contribution in [2.24, 2.45) is 0 Å². The van der Waals surface area contributed by atoms with Crippen molar-refractivity contribution in [3.8, 4) is 0 Å². The van der Waals surface area contributed by atoms with Gasteiger partial charge in [-0.3, -0.25) is 4.90 Å². The standard InChI is InChI=1S/C19H23NO2/c1-15-9-8-10-16(13-15)14-20(17-11-6-5-7-12-17)18(21)22-19(2,3)4/h5-13H,14H2,1-4H3. The summed E-state index contributed by atoms with van der Waals surface area (Å²) in [5.41, 5.74) is 2.57. The molecule has 2 aromatic carbocycles. The Balaban J connectivity index is 2.28. The summed E-state index contributed by atoms with van der Waals surface area (Å²) in [7, 11) is 0. The Hall–Kier alpha value is -2.29. The summed E-state index contributed by atoms with van der Waals surface area (Å²) in [5, 5.41) is 0. The minimum atomic E-state index is -0.517. The molecule has 0 saturated carbocycles. The fourth-order valence-corrected chi connectivity index (χ4v) is 2.18. The molecule has 0 aliphatic carbocycles. The summed E-state index contributed by atoms with van der Waals surface area (Å²) >= 11 is 0. The van der Waals surface area contributed by atoms with Crippen LogP contribution in [0.4, 0.5) is 10.5 Å². The molecule has 0 aliphatic heterocycles. The number of carbonyl (C=O) groups is 1. The van der Waals surface area contributed by atoms with Crippen LogP contribution in [0.2, 0.25) is 0 Å². The Labute approximate surface area is 132 Å². The molecule has 0 bridgehead atoms. The van der Waals surface area contributed by atoms with Crippen LogP contribution in [0.25, 0.3) is 0 Å². The van der Waals surface area contributed by atoms with E-state index in [0.717, 1.165) is 11.3 Å². The van der Waals surface area contributed by atoms with Crippen molar-refractivity contribution in [2.75, 3.05) is 4.90 Å². The summed E-state index contributed by atoms with van der Waals surface area (Å²) in [4.78, 5) is 14.2. The molecule has 0 radical (unpaired) electrons. The quantitative estimate of drug-likeness (QED) is 0.803. The Bertz CT molecular complexity index is 629. The van der Waals surface area contributed by atoms with E-state index in [0.29, 0.717) is 6.54 Å². The third kappa shape index (κ3) is 4.62. The van der Waals surface area contributed by atoms with Gasteiger partial charge in [-0.15, -0.1) is 0 Å². The highest BCUT2D eigenvalue weighted by atomic mass is 16.6. The van der Waals surface area contributed by atoms with Gasteiger partial charge in [0.15, 0.2) is 0 Å². The Morgan fingerprint density at radius 2 is 1.73 bits per heavy atom. The van der Waals surface area contributed by atoms with Crippen molar-refractivity contribution < 1.29 is 9.53 Å². The number of aryl methyl sites for hydroxylation is 1. The Morgan fingerprint density at radius 3 is 2.32 bits per heavy atom. The second-order valence-corrected chi connectivity index (χ2v) is 6.39. The van der Waals surface area contributed by atoms with Gasteiger partial charge in [-0.05, 0) is 45.4 Å². The molecule has 0 spiro atoms. The SMILES string of the molecule is Cc1cccc(CN(C(=O)OC(C)(C)C)c2ccccc2)c1. The fourth-order valence-electron chi connectivity index (χ4n) is 2.18. The highest BCUT2D eigenvalue weighted by Crippen LogP contribution is 2.21. The second kappa shape index (κ2) is 6.65. The maximum atomic E-state index is 12.6. The topological polar surface area (TPSA) is 29.5 Å². The number of anilines is 1. The lowest BCUT2D eigenvalue weighted by Gasteiger charge is -2.27. The van der Waals surface area contributed by atoms with Crippen LogP contribution in [0.1, 0.15) is 31.9 Å². The monoisotopic (exact) mass is 297 g/mol. The number of hydrogen-bond donors (Lipinski definition) is 0. The molecule has 116 valence electrons. The van der Waals surface area contributed by atoms with Crippen molar-refractivity contribution in [1.82, 2.24) is 0 Å². The van der Waals surface area contributed by atoms with Crippen LogP contribution < -0.4 is 4.90 Å². The Kier molecular flexibility index (Phi) is 4.86. The van der Waals surface area contributed by atoms with Gasteiger partial charge in [0.25, 0.3) is 0 Å². The number of hydrogen-bond acceptors (Lipinski definition) is 2. The van der Waals surface area contributed by atoms with E-state index in [4.69, 9.17) is 4.74 Å². The van der Waals surface area contributed by atoms with E-state index >= 15 is 0 Å². The highest BCUT2D eigenvalue weighted by molar-refractivity contribution is 5.87. The van der Waals surface area contributed by atoms with Crippen LogP contribution in [0.5, 0.6) is 0 Å². The van der Waals surface area contributed by atoms with E-state index in [-0.39, 0.29) is 6.09 Å². The molecule has 0 unspecified atom stereocenters. The predicted octanol–water partition coefficient (Wildman–Crippen LogP) is 4.94. The molecule has 0 fully saturated rings. The average Bonchev–Trinajstić information content (AvgIpc) is 2.44. The zero-order valence-electron chi connectivity index (χ0n) is 13.7. The van der Waals surface area contributed by atoms with Gasteiger partial charge in [-0.1, -0.05) is 48.0 Å². The smallest absolute Gasteiger partial charge is 0.415 e. The van der Waals surface area contributed by atoms with Crippen LogP contribution >= 0.6 is 0 Å². The third-order valence-corrected chi connectivity index (χ3v) is 3.10. The molecule has 0 aliphatic rings. The third-order valence-electron chi connectivity index (χ3n) is 3.10. The lowest BCUT2D eigenvalue weighted by molar-refractivity contribution is 0.0577. The van der Waals surface area contributed by atoms with Crippen molar-refractivity contribution in [3.05, 3.63) is 65.7 Å². The molecule has 3 nitrogen and oxygen atoms in total. The first kappa shape index (κ1) is 16.1. The first-order valence-electron chi connectivity index (χ1n) is 7.46. The summed E-state index contributed by atoms with van der Waals surface area (Å²) < 4.78 is 5.54. The lowest BCUT2D eigenvalue weighted by atomic mass is 10.1. The zero-order chi connectivity index (χ0) is 16.2. The van der Waals surface area contributed by atoms with Gasteiger partial charge < -0.3 is 4.74 Å². The molecular formula is C19H23NO2. The van der Waals surface area contributed by atoms with Crippen LogP contribution in [0.3, 0.4) is 0 Å². The van der Waals surface area contributed by atoms with Crippen molar-refractivity contribution in [3.63, 3.8) is 0 Å². The van der Waals surface area contributed by atoms with Crippen molar-refractivity contribution in [2.45, 2.75) is 39.8 Å². The zero-order valence-corrected chi connectivity index (χ0v) is 13.7. The number of carbonyl (C=O) groups excluding carboxylic acids is 1. The summed E-state index contributed by atoms with van der Waals surface area (Å²) in [6.45, 7) is 8.16. The van der Waals surface area contributed by atoms with E-state index < -0.39 is 5.60 Å². The number of nitrogens with zero attached hydrogens (tertiary/aromatic N) is 1. The van der Waals surface area contributed by atoms with Crippen LogP contribution in [0.15, 0.2) is 54.6 Å². The molecule has 1 amide bonds. The molecular weight excluding hydrogens is 274 g/mol. The van der Waals surface area contributed by atoms with E-state index in [1.807, 2.05) is 76.2 Å². The van der Waals surface area contributed by atoms with Crippen LogP contribution in [-0.4, -0.2) is 11.7 Å². The molecule has 0 atom stereocenters. The number of amides is 1. The van der Waals surface area contributed by atoms with Crippen molar-refractivity contribution in [1.29, 1.82) is 0 Å². The molecule has 3 heteroatoms. The van der Waals surface area contributed by atoms with Crippen molar-refractivity contribution >= 4 is 11.8 Å². The number of ether oxygens (including phenoxy) is 1. The number of rotatable bonds is 3. The highest BCUT2D eigenvalue weighted by Gasteiger charge is 2.23. The van der Waals surface area contributed by atoms with E-state index in [1.54, 1.807) is 4.90 Å². The first-order valence-corrected chi connectivity index (χ1v) is 7.46. The molecule has 2 aromatic rings. The summed E-state index contributed by atoms with van der Waals surface area (Å²) in [6.07, 6.45) is -0.333. The van der Waals surface area contributed by atoms with Gasteiger partial charge in [0.1, 0.15) is 5.60 Å². The maximum Gasteiger partial charge on any atom is 0.415 e.